The molecule has 0 aliphatic rings. The van der Waals surface area contributed by atoms with Crippen molar-refractivity contribution in [1.82, 2.24) is 0 Å². The monoisotopic (exact) mass is 1290 g/mol. The molecule has 0 saturated heterocycles. The van der Waals surface area contributed by atoms with Crippen molar-refractivity contribution in [3.8, 4) is 0 Å². The zero-order valence-electron chi connectivity index (χ0n) is 56.3. The molecule has 0 radical (unpaired) electrons. The van der Waals surface area contributed by atoms with Gasteiger partial charge in [0.05, 0.1) is 26.4 Å². The highest BCUT2D eigenvalue weighted by atomic mass is 31.2. The van der Waals surface area contributed by atoms with E-state index >= 15 is 0 Å². The first-order valence-corrected chi connectivity index (χ1v) is 38.5. The molecule has 0 fully saturated rings. The number of phosphoric ester groups is 2. The largest absolute Gasteiger partial charge is 0.472 e. The Labute approximate surface area is 535 Å². The Morgan fingerprint density at radius 1 is 0.364 bits per heavy atom. The van der Waals surface area contributed by atoms with E-state index in [1.54, 1.807) is 0 Å². The summed E-state index contributed by atoms with van der Waals surface area (Å²) in [6.45, 7) is 7.17. The Kier molecular flexibility index (Phi) is 60.3. The second kappa shape index (κ2) is 62.0. The molecule has 0 heterocycles. The van der Waals surface area contributed by atoms with E-state index in [1.807, 2.05) is 0 Å². The van der Waals surface area contributed by atoms with Gasteiger partial charge in [0.2, 0.25) is 0 Å². The van der Waals surface area contributed by atoms with Crippen molar-refractivity contribution in [2.75, 3.05) is 39.6 Å². The summed E-state index contributed by atoms with van der Waals surface area (Å²) in [5, 5.41) is 10.6. The van der Waals surface area contributed by atoms with Gasteiger partial charge in [-0.15, -0.1) is 0 Å². The van der Waals surface area contributed by atoms with Crippen LogP contribution in [0.15, 0.2) is 24.3 Å². The molecular formula is C69H130O17P2. The topological polar surface area (TPSA) is 237 Å². The Morgan fingerprint density at radius 3 is 0.966 bits per heavy atom. The fraction of sp³-hybridized carbons (Fsp3) is 0.884. The van der Waals surface area contributed by atoms with Crippen molar-refractivity contribution in [3.63, 3.8) is 0 Å². The number of phosphoric acid groups is 2. The van der Waals surface area contributed by atoms with Crippen LogP contribution in [0.5, 0.6) is 0 Å². The molecule has 0 aromatic carbocycles. The van der Waals surface area contributed by atoms with Crippen LogP contribution in [0.4, 0.5) is 0 Å². The summed E-state index contributed by atoms with van der Waals surface area (Å²) in [4.78, 5) is 72.4. The van der Waals surface area contributed by atoms with E-state index in [0.717, 1.165) is 109 Å². The highest BCUT2D eigenvalue weighted by molar-refractivity contribution is 7.47. The predicted octanol–water partition coefficient (Wildman–Crippen LogP) is 19.3. The van der Waals surface area contributed by atoms with Gasteiger partial charge in [-0.2, -0.15) is 0 Å². The first-order chi connectivity index (χ1) is 42.6. The number of esters is 4. The van der Waals surface area contributed by atoms with Gasteiger partial charge in [0.15, 0.2) is 12.2 Å². The van der Waals surface area contributed by atoms with E-state index in [0.29, 0.717) is 25.7 Å². The minimum atomic E-state index is -4.96. The van der Waals surface area contributed by atoms with Crippen LogP contribution < -0.4 is 0 Å². The van der Waals surface area contributed by atoms with Crippen molar-refractivity contribution < 1.29 is 80.2 Å². The number of carbonyl (C=O) groups excluding carboxylic acids is 4. The lowest BCUT2D eigenvalue weighted by Crippen LogP contribution is -2.30. The lowest BCUT2D eigenvalue weighted by Gasteiger charge is -2.21. The van der Waals surface area contributed by atoms with Gasteiger partial charge in [0, 0.05) is 25.7 Å². The number of unbranched alkanes of at least 4 members (excludes halogenated alkanes) is 35. The van der Waals surface area contributed by atoms with Gasteiger partial charge < -0.3 is 33.8 Å². The standard InChI is InChI=1S/C69H130O17P2/c1-6-10-13-16-19-22-24-25-26-27-28-35-40-45-50-55-69(74)86-65(59-80-67(72)53-48-43-38-34-30-29-32-36-41-46-51-62(5)9-4)61-84-88(77,78)82-57-63(70)56-81-87(75,76)83-60-64(58-79-66(71)52-47-42-37-31-21-18-15-12-8-3)85-68(73)54-49-44-39-33-23-20-17-14-11-7-2/h22,24-26,62-65,70H,6-21,23,27-61H2,1-5H3,(H,75,76)(H,77,78)/b24-22-,26-25-/t62?,63-,64+,65+/m0/s1. The van der Waals surface area contributed by atoms with Crippen LogP contribution in [0.2, 0.25) is 0 Å². The van der Waals surface area contributed by atoms with Crippen LogP contribution in [0.1, 0.15) is 330 Å². The highest BCUT2D eigenvalue weighted by Gasteiger charge is 2.30. The summed E-state index contributed by atoms with van der Waals surface area (Å²) < 4.78 is 68.1. The lowest BCUT2D eigenvalue weighted by atomic mass is 9.99. The van der Waals surface area contributed by atoms with Gasteiger partial charge >= 0.3 is 39.5 Å². The highest BCUT2D eigenvalue weighted by Crippen LogP contribution is 2.45. The molecule has 17 nitrogen and oxygen atoms in total. The summed E-state index contributed by atoms with van der Waals surface area (Å²) >= 11 is 0. The van der Waals surface area contributed by atoms with E-state index in [2.05, 4.69) is 58.9 Å². The smallest absolute Gasteiger partial charge is 0.462 e. The molecule has 0 bridgehead atoms. The Bertz CT molecular complexity index is 1800. The van der Waals surface area contributed by atoms with Crippen LogP contribution >= 0.6 is 15.6 Å². The third-order valence-corrected chi connectivity index (χ3v) is 17.7. The van der Waals surface area contributed by atoms with Crippen molar-refractivity contribution in [1.29, 1.82) is 0 Å². The minimum absolute atomic E-state index is 0.0850. The van der Waals surface area contributed by atoms with Gasteiger partial charge in [0.1, 0.15) is 19.3 Å². The van der Waals surface area contributed by atoms with Crippen molar-refractivity contribution in [2.24, 2.45) is 5.92 Å². The molecule has 0 aromatic heterocycles. The molecule has 0 aromatic rings. The number of ether oxygens (including phenoxy) is 4. The molecule has 0 rings (SSSR count). The van der Waals surface area contributed by atoms with Gasteiger partial charge in [-0.25, -0.2) is 9.13 Å². The van der Waals surface area contributed by atoms with Crippen molar-refractivity contribution in [2.45, 2.75) is 348 Å². The molecule has 0 amide bonds. The summed E-state index contributed by atoms with van der Waals surface area (Å²) in [6.07, 6.45) is 50.6. The molecule has 0 saturated carbocycles. The van der Waals surface area contributed by atoms with E-state index in [9.17, 15) is 43.2 Å². The SMILES string of the molecule is CCCCCC/C=C\C=C/CCCCCCCC(=O)O[C@H](COC(=O)CCCCCCCCCCCCC(C)CC)COP(=O)(O)OC[C@@H](O)COP(=O)(O)OC[C@@H](COC(=O)CCCCCCCCCCC)OC(=O)CCCCCCCCCCCC. The van der Waals surface area contributed by atoms with Crippen molar-refractivity contribution >= 4 is 39.5 Å². The van der Waals surface area contributed by atoms with Gasteiger partial charge in [-0.3, -0.25) is 37.3 Å². The van der Waals surface area contributed by atoms with Crippen LogP contribution in [0, 0.1) is 5.92 Å². The molecule has 0 aliphatic carbocycles. The number of hydrogen-bond acceptors (Lipinski definition) is 15. The molecule has 0 spiro atoms. The molecule has 88 heavy (non-hydrogen) atoms. The number of rotatable bonds is 67. The molecule has 0 aliphatic heterocycles. The maximum absolute atomic E-state index is 13.0. The fourth-order valence-electron chi connectivity index (χ4n) is 9.89. The Balaban J connectivity index is 5.27. The minimum Gasteiger partial charge on any atom is -0.462 e. The van der Waals surface area contributed by atoms with Crippen LogP contribution in [-0.2, 0) is 65.4 Å². The number of aliphatic hydroxyl groups excluding tert-OH is 1. The first kappa shape index (κ1) is 85.5. The Morgan fingerprint density at radius 2 is 0.636 bits per heavy atom. The number of aliphatic hydroxyl groups is 1. The molecule has 3 N–H and O–H groups in total. The summed E-state index contributed by atoms with van der Waals surface area (Å²) in [5.41, 5.74) is 0. The van der Waals surface area contributed by atoms with E-state index in [4.69, 9.17) is 37.0 Å². The molecule has 6 atom stereocenters. The lowest BCUT2D eigenvalue weighted by molar-refractivity contribution is -0.161. The third-order valence-electron chi connectivity index (χ3n) is 15.8. The number of allylic oxidation sites excluding steroid dienone is 4. The zero-order chi connectivity index (χ0) is 64.9. The zero-order valence-corrected chi connectivity index (χ0v) is 58.1. The van der Waals surface area contributed by atoms with Crippen LogP contribution in [0.25, 0.3) is 0 Å². The summed E-state index contributed by atoms with van der Waals surface area (Å²) in [5.74, 6) is -1.35. The Hall–Kier alpha value is -2.46. The second-order valence-electron chi connectivity index (χ2n) is 24.5. The number of carbonyl (C=O) groups is 4. The van der Waals surface area contributed by atoms with E-state index in [-0.39, 0.29) is 25.7 Å². The van der Waals surface area contributed by atoms with Gasteiger partial charge in [-0.05, 0) is 57.3 Å². The molecule has 19 heteroatoms. The quantitative estimate of drug-likeness (QED) is 0.0169. The molecule has 3 unspecified atom stereocenters. The summed E-state index contributed by atoms with van der Waals surface area (Å²) in [6, 6.07) is 0. The maximum Gasteiger partial charge on any atom is 0.472 e. The second-order valence-corrected chi connectivity index (χ2v) is 27.4. The van der Waals surface area contributed by atoms with Crippen LogP contribution in [-0.4, -0.2) is 96.7 Å². The van der Waals surface area contributed by atoms with E-state index < -0.39 is 97.5 Å². The maximum atomic E-state index is 13.0. The average molecular weight is 1290 g/mol. The van der Waals surface area contributed by atoms with Crippen molar-refractivity contribution in [3.05, 3.63) is 24.3 Å². The molecular weight excluding hydrogens is 1160 g/mol. The van der Waals surface area contributed by atoms with Crippen LogP contribution in [0.3, 0.4) is 0 Å². The third kappa shape index (κ3) is 61.1. The molecule has 518 valence electrons. The average Bonchev–Trinajstić information content (AvgIpc) is 3.72. The normalized spacial score (nSPS) is 14.6. The number of hydrogen-bond donors (Lipinski definition) is 3. The summed E-state index contributed by atoms with van der Waals surface area (Å²) in [7, 11) is -9.91. The fourth-order valence-corrected chi connectivity index (χ4v) is 11.5. The first-order valence-electron chi connectivity index (χ1n) is 35.5. The predicted molar refractivity (Wildman–Crippen MR) is 354 cm³/mol. The van der Waals surface area contributed by atoms with E-state index in [1.165, 1.54) is 141 Å². The van der Waals surface area contributed by atoms with Gasteiger partial charge in [0.25, 0.3) is 0 Å². The van der Waals surface area contributed by atoms with Gasteiger partial charge in [-0.1, -0.05) is 277 Å².